The smallest absolute Gasteiger partial charge is 0.251 e. The molecule has 1 aromatic heterocycles. The molecule has 0 fully saturated rings. The third-order valence-corrected chi connectivity index (χ3v) is 4.40. The van der Waals surface area contributed by atoms with Crippen molar-refractivity contribution in [3.8, 4) is 0 Å². The molecular formula is C21H21ClN4O2. The van der Waals surface area contributed by atoms with Crippen LogP contribution in [0.2, 0.25) is 5.02 Å². The molecule has 2 amide bonds. The van der Waals surface area contributed by atoms with Crippen molar-refractivity contribution in [3.05, 3.63) is 89.0 Å². The molecule has 0 saturated carbocycles. The van der Waals surface area contributed by atoms with E-state index in [4.69, 9.17) is 11.6 Å². The van der Waals surface area contributed by atoms with E-state index in [2.05, 4.69) is 32.3 Å². The van der Waals surface area contributed by atoms with Crippen molar-refractivity contribution in [1.29, 1.82) is 0 Å². The number of carbonyl (C=O) groups excluding carboxylic acids is 2. The Morgan fingerprint density at radius 1 is 1.04 bits per heavy atom. The molecule has 6 nitrogen and oxygen atoms in total. The van der Waals surface area contributed by atoms with Gasteiger partial charge in [-0.1, -0.05) is 48.0 Å². The minimum atomic E-state index is -0.337. The number of carbonyl (C=O) groups is 2. The van der Waals surface area contributed by atoms with Crippen LogP contribution in [0.15, 0.2) is 67.0 Å². The van der Waals surface area contributed by atoms with Gasteiger partial charge < -0.3 is 15.2 Å². The van der Waals surface area contributed by atoms with E-state index in [9.17, 15) is 9.59 Å². The number of nitrogens with one attached hydrogen (secondary N) is 2. The molecule has 0 bridgehead atoms. The van der Waals surface area contributed by atoms with Gasteiger partial charge in [0.2, 0.25) is 5.91 Å². The quantitative estimate of drug-likeness (QED) is 0.614. The van der Waals surface area contributed by atoms with Crippen molar-refractivity contribution in [2.24, 2.45) is 0 Å². The van der Waals surface area contributed by atoms with Crippen molar-refractivity contribution in [2.75, 3.05) is 13.1 Å². The van der Waals surface area contributed by atoms with Gasteiger partial charge in [-0.05, 0) is 23.8 Å². The number of imidazole rings is 1. The summed E-state index contributed by atoms with van der Waals surface area (Å²) in [5.41, 5.74) is 1.61. The Morgan fingerprint density at radius 2 is 1.86 bits per heavy atom. The van der Waals surface area contributed by atoms with Gasteiger partial charge in [0.05, 0.1) is 6.54 Å². The standard InChI is InChI=1S/C21H21ClN4O2/c22-18-8-4-7-17(13-18)21(28)25-14-20(27)24-10-9-19-23-11-12-26(19)15-16-5-2-1-3-6-16/h1-8,11-13H,9-10,14-15H2,(H,24,27)(H,25,28). The van der Waals surface area contributed by atoms with Gasteiger partial charge in [0, 0.05) is 42.5 Å². The zero-order chi connectivity index (χ0) is 19.8. The Morgan fingerprint density at radius 3 is 2.64 bits per heavy atom. The lowest BCUT2D eigenvalue weighted by Crippen LogP contribution is -2.37. The van der Waals surface area contributed by atoms with Crippen molar-refractivity contribution in [2.45, 2.75) is 13.0 Å². The molecule has 2 N–H and O–H groups in total. The zero-order valence-corrected chi connectivity index (χ0v) is 16.0. The van der Waals surface area contributed by atoms with E-state index in [-0.39, 0.29) is 18.4 Å². The second-order valence-electron chi connectivity index (χ2n) is 6.25. The minimum absolute atomic E-state index is 0.0934. The summed E-state index contributed by atoms with van der Waals surface area (Å²) in [6.45, 7) is 1.08. The highest BCUT2D eigenvalue weighted by Gasteiger charge is 2.09. The molecule has 7 heteroatoms. The Kier molecular flexibility index (Phi) is 6.81. The minimum Gasteiger partial charge on any atom is -0.354 e. The SMILES string of the molecule is O=C(CNC(=O)c1cccc(Cl)c1)NCCc1nccn1Cc1ccccc1. The lowest BCUT2D eigenvalue weighted by molar-refractivity contribution is -0.120. The lowest BCUT2D eigenvalue weighted by atomic mass is 10.2. The number of hydrogen-bond acceptors (Lipinski definition) is 3. The van der Waals surface area contributed by atoms with E-state index < -0.39 is 0 Å². The molecule has 0 spiro atoms. The largest absolute Gasteiger partial charge is 0.354 e. The van der Waals surface area contributed by atoms with Crippen LogP contribution in [-0.2, 0) is 17.8 Å². The van der Waals surface area contributed by atoms with Gasteiger partial charge in [0.15, 0.2) is 0 Å². The molecule has 3 rings (SSSR count). The third kappa shape index (κ3) is 5.69. The fourth-order valence-electron chi connectivity index (χ4n) is 2.76. The topological polar surface area (TPSA) is 76.0 Å². The number of rotatable bonds is 8. The zero-order valence-electron chi connectivity index (χ0n) is 15.3. The summed E-state index contributed by atoms with van der Waals surface area (Å²) in [5, 5.41) is 5.86. The molecule has 28 heavy (non-hydrogen) atoms. The summed E-state index contributed by atoms with van der Waals surface area (Å²) in [6.07, 6.45) is 4.29. The van der Waals surface area contributed by atoms with Crippen molar-refractivity contribution in [1.82, 2.24) is 20.2 Å². The Balaban J connectivity index is 1.42. The number of hydrogen-bond donors (Lipinski definition) is 2. The normalized spacial score (nSPS) is 10.5. The van der Waals surface area contributed by atoms with Crippen LogP contribution in [0.3, 0.4) is 0 Å². The van der Waals surface area contributed by atoms with Gasteiger partial charge in [-0.3, -0.25) is 9.59 Å². The van der Waals surface area contributed by atoms with Crippen molar-refractivity contribution >= 4 is 23.4 Å². The fourth-order valence-corrected chi connectivity index (χ4v) is 2.95. The number of halogens is 1. The molecule has 1 heterocycles. The van der Waals surface area contributed by atoms with Gasteiger partial charge in [-0.25, -0.2) is 4.98 Å². The number of benzene rings is 2. The van der Waals surface area contributed by atoms with Crippen LogP contribution in [0.25, 0.3) is 0 Å². The second-order valence-corrected chi connectivity index (χ2v) is 6.69. The highest BCUT2D eigenvalue weighted by atomic mass is 35.5. The van der Waals surface area contributed by atoms with Crippen molar-refractivity contribution < 1.29 is 9.59 Å². The fraction of sp³-hybridized carbons (Fsp3) is 0.190. The molecule has 0 aliphatic carbocycles. The van der Waals surface area contributed by atoms with Gasteiger partial charge in [0.1, 0.15) is 5.82 Å². The first-order valence-electron chi connectivity index (χ1n) is 8.96. The predicted molar refractivity (Wildman–Crippen MR) is 108 cm³/mol. The molecule has 0 aliphatic rings. The van der Waals surface area contributed by atoms with Crippen LogP contribution < -0.4 is 10.6 Å². The molecule has 144 valence electrons. The number of amides is 2. The number of nitrogens with zero attached hydrogens (tertiary/aromatic N) is 2. The van der Waals surface area contributed by atoms with E-state index in [1.165, 1.54) is 5.56 Å². The van der Waals surface area contributed by atoms with Gasteiger partial charge in [-0.15, -0.1) is 0 Å². The molecule has 2 aromatic carbocycles. The van der Waals surface area contributed by atoms with Crippen LogP contribution in [0.5, 0.6) is 0 Å². The van der Waals surface area contributed by atoms with E-state index in [1.807, 2.05) is 24.4 Å². The molecule has 0 unspecified atom stereocenters. The van der Waals surface area contributed by atoms with Crippen LogP contribution in [0.1, 0.15) is 21.7 Å². The Labute approximate surface area is 168 Å². The third-order valence-electron chi connectivity index (χ3n) is 4.16. The maximum atomic E-state index is 12.0. The average Bonchev–Trinajstić information content (AvgIpc) is 3.14. The van der Waals surface area contributed by atoms with E-state index in [1.54, 1.807) is 30.5 Å². The van der Waals surface area contributed by atoms with Crippen molar-refractivity contribution in [3.63, 3.8) is 0 Å². The molecule has 0 aliphatic heterocycles. The summed E-state index contributed by atoms with van der Waals surface area (Å²) >= 11 is 5.87. The molecule has 0 atom stereocenters. The Hall–Kier alpha value is -3.12. The molecular weight excluding hydrogens is 376 g/mol. The highest BCUT2D eigenvalue weighted by Crippen LogP contribution is 2.10. The first-order chi connectivity index (χ1) is 13.6. The molecule has 0 radical (unpaired) electrons. The van der Waals surface area contributed by atoms with Gasteiger partial charge in [0.25, 0.3) is 5.91 Å². The van der Waals surface area contributed by atoms with Crippen LogP contribution in [-0.4, -0.2) is 34.5 Å². The van der Waals surface area contributed by atoms with Gasteiger partial charge >= 0.3 is 0 Å². The van der Waals surface area contributed by atoms with Crippen LogP contribution in [0, 0.1) is 0 Å². The summed E-state index contributed by atoms with van der Waals surface area (Å²) in [6, 6.07) is 16.7. The highest BCUT2D eigenvalue weighted by molar-refractivity contribution is 6.30. The molecule has 0 saturated heterocycles. The maximum absolute atomic E-state index is 12.0. The second kappa shape index (κ2) is 9.71. The summed E-state index contributed by atoms with van der Waals surface area (Å²) < 4.78 is 2.06. The first kappa shape index (κ1) is 19.6. The monoisotopic (exact) mass is 396 g/mol. The van der Waals surface area contributed by atoms with Crippen LogP contribution >= 0.6 is 11.6 Å². The summed E-state index contributed by atoms with van der Waals surface area (Å²) in [4.78, 5) is 28.3. The van der Waals surface area contributed by atoms with E-state index in [0.717, 1.165) is 12.4 Å². The molecule has 3 aromatic rings. The summed E-state index contributed by atoms with van der Waals surface area (Å²) in [5.74, 6) is 0.305. The number of aromatic nitrogens is 2. The first-order valence-corrected chi connectivity index (χ1v) is 9.34. The Bertz CT molecular complexity index is 940. The van der Waals surface area contributed by atoms with Crippen LogP contribution in [0.4, 0.5) is 0 Å². The summed E-state index contributed by atoms with van der Waals surface area (Å²) in [7, 11) is 0. The average molecular weight is 397 g/mol. The lowest BCUT2D eigenvalue weighted by Gasteiger charge is -2.09. The van der Waals surface area contributed by atoms with Gasteiger partial charge in [-0.2, -0.15) is 0 Å². The van der Waals surface area contributed by atoms with E-state index >= 15 is 0 Å². The predicted octanol–water partition coefficient (Wildman–Crippen LogP) is 2.67. The maximum Gasteiger partial charge on any atom is 0.251 e. The van der Waals surface area contributed by atoms with E-state index in [0.29, 0.717) is 23.6 Å².